The van der Waals surface area contributed by atoms with Gasteiger partial charge in [-0.15, -0.1) is 0 Å². The predicted molar refractivity (Wildman–Crippen MR) is 107 cm³/mol. The Bertz CT molecular complexity index is 1330. The number of aryl methyl sites for hydroxylation is 1. The zero-order valence-corrected chi connectivity index (χ0v) is 15.1. The smallest absolute Gasteiger partial charge is 0.259 e. The van der Waals surface area contributed by atoms with Gasteiger partial charge in [-0.1, -0.05) is 41.4 Å². The van der Waals surface area contributed by atoms with E-state index in [9.17, 15) is 10.1 Å². The fraction of sp³-hybridized carbons (Fsp3) is 0.0476. The quantitative estimate of drug-likeness (QED) is 0.415. The van der Waals surface area contributed by atoms with Gasteiger partial charge >= 0.3 is 0 Å². The van der Waals surface area contributed by atoms with E-state index in [0.29, 0.717) is 16.5 Å². The second-order valence-electron chi connectivity index (χ2n) is 6.17. The van der Waals surface area contributed by atoms with Gasteiger partial charge in [0, 0.05) is 10.9 Å². The van der Waals surface area contributed by atoms with Crippen LogP contribution in [0.15, 0.2) is 53.3 Å². The molecular formula is C21H13ClN4O. The van der Waals surface area contributed by atoms with Gasteiger partial charge in [-0.05, 0) is 37.3 Å². The summed E-state index contributed by atoms with van der Waals surface area (Å²) in [5, 5.41) is 11.3. The van der Waals surface area contributed by atoms with Crippen molar-refractivity contribution in [3.8, 4) is 6.07 Å². The summed E-state index contributed by atoms with van der Waals surface area (Å²) in [6.07, 6.45) is 1.58. The highest BCUT2D eigenvalue weighted by molar-refractivity contribution is 6.31. The maximum atomic E-state index is 12.4. The Morgan fingerprint density at radius 1 is 1.15 bits per heavy atom. The van der Waals surface area contributed by atoms with Crippen molar-refractivity contribution in [2.75, 3.05) is 0 Å². The monoisotopic (exact) mass is 372 g/mol. The van der Waals surface area contributed by atoms with Crippen LogP contribution in [-0.2, 0) is 0 Å². The highest BCUT2D eigenvalue weighted by Gasteiger charge is 2.11. The van der Waals surface area contributed by atoms with Crippen molar-refractivity contribution in [3.05, 3.63) is 81.0 Å². The number of para-hydroxylation sites is 1. The van der Waals surface area contributed by atoms with Crippen LogP contribution in [-0.4, -0.2) is 15.0 Å². The third-order valence-electron chi connectivity index (χ3n) is 4.24. The number of nitrogens with one attached hydrogen (secondary N) is 1. The lowest BCUT2D eigenvalue weighted by Crippen LogP contribution is -2.11. The van der Waals surface area contributed by atoms with Crippen LogP contribution < -0.4 is 5.56 Å². The molecule has 4 aromatic rings. The molecular weight excluding hydrogens is 360 g/mol. The molecule has 2 heterocycles. The molecule has 0 aliphatic carbocycles. The van der Waals surface area contributed by atoms with Gasteiger partial charge in [-0.2, -0.15) is 5.26 Å². The highest BCUT2D eigenvalue weighted by atomic mass is 35.5. The van der Waals surface area contributed by atoms with Crippen LogP contribution in [0.3, 0.4) is 0 Å². The molecule has 0 radical (unpaired) electrons. The molecule has 0 bridgehead atoms. The van der Waals surface area contributed by atoms with Crippen LogP contribution >= 0.6 is 11.6 Å². The summed E-state index contributed by atoms with van der Waals surface area (Å²) in [5.41, 5.74) is 2.76. The molecule has 0 amide bonds. The Labute approximate surface area is 159 Å². The summed E-state index contributed by atoms with van der Waals surface area (Å²) in [5.74, 6) is 0.197. The van der Waals surface area contributed by atoms with Gasteiger partial charge in [0.1, 0.15) is 11.2 Å². The zero-order chi connectivity index (χ0) is 19.0. The van der Waals surface area contributed by atoms with Crippen LogP contribution in [0.4, 0.5) is 0 Å². The number of allylic oxidation sites excluding steroid dienone is 1. The first-order valence-electron chi connectivity index (χ1n) is 8.23. The Hall–Kier alpha value is -3.49. The predicted octanol–water partition coefficient (Wildman–Crippen LogP) is 4.50. The molecule has 2 aromatic heterocycles. The topological polar surface area (TPSA) is 82.4 Å². The lowest BCUT2D eigenvalue weighted by Gasteiger charge is -2.05. The third-order valence-corrected chi connectivity index (χ3v) is 4.54. The number of nitriles is 1. The summed E-state index contributed by atoms with van der Waals surface area (Å²) in [6, 6.07) is 16.9. The first kappa shape index (κ1) is 17.0. The van der Waals surface area contributed by atoms with E-state index in [2.05, 4.69) is 21.0 Å². The first-order chi connectivity index (χ1) is 13.0. The normalized spacial score (nSPS) is 11.7. The molecule has 2 aromatic carbocycles. The van der Waals surface area contributed by atoms with Crippen molar-refractivity contribution in [1.82, 2.24) is 15.0 Å². The Kier molecular flexibility index (Phi) is 4.19. The van der Waals surface area contributed by atoms with Gasteiger partial charge in [0.2, 0.25) is 0 Å². The van der Waals surface area contributed by atoms with Crippen LogP contribution in [0, 0.1) is 18.3 Å². The SMILES string of the molecule is Cc1ccc2nc(C(C#N)=Cc3cc4ccccc4nc3Cl)[nH]c(=O)c2c1. The summed E-state index contributed by atoms with van der Waals surface area (Å²) in [4.78, 5) is 23.9. The third kappa shape index (κ3) is 3.19. The van der Waals surface area contributed by atoms with Crippen LogP contribution in [0.2, 0.25) is 5.15 Å². The van der Waals surface area contributed by atoms with Gasteiger partial charge in [0.25, 0.3) is 5.56 Å². The largest absolute Gasteiger partial charge is 0.305 e. The summed E-state index contributed by atoms with van der Waals surface area (Å²) < 4.78 is 0. The minimum atomic E-state index is -0.289. The fourth-order valence-corrected chi connectivity index (χ4v) is 3.10. The lowest BCUT2D eigenvalue weighted by molar-refractivity contribution is 1.13. The number of rotatable bonds is 2. The van der Waals surface area contributed by atoms with Crippen molar-refractivity contribution in [1.29, 1.82) is 5.26 Å². The number of aromatic amines is 1. The van der Waals surface area contributed by atoms with E-state index in [1.807, 2.05) is 43.3 Å². The molecule has 0 fully saturated rings. The van der Waals surface area contributed by atoms with E-state index < -0.39 is 0 Å². The Morgan fingerprint density at radius 2 is 1.96 bits per heavy atom. The van der Waals surface area contributed by atoms with Crippen molar-refractivity contribution in [3.63, 3.8) is 0 Å². The zero-order valence-electron chi connectivity index (χ0n) is 14.3. The molecule has 0 spiro atoms. The van der Waals surface area contributed by atoms with E-state index in [4.69, 9.17) is 11.6 Å². The lowest BCUT2D eigenvalue weighted by atomic mass is 10.1. The molecule has 0 aliphatic rings. The molecule has 6 heteroatoms. The molecule has 5 nitrogen and oxygen atoms in total. The second-order valence-corrected chi connectivity index (χ2v) is 6.52. The standard InChI is InChI=1S/C21H13ClN4O/c1-12-6-7-18-16(8-12)21(27)26-20(25-18)15(11-23)10-14-9-13-4-2-3-5-17(13)24-19(14)22/h2-10H,1H3,(H,25,26,27). The molecule has 4 rings (SSSR count). The number of nitrogens with zero attached hydrogens (tertiary/aromatic N) is 3. The molecule has 130 valence electrons. The fourth-order valence-electron chi connectivity index (χ4n) is 2.90. The van der Waals surface area contributed by atoms with Gasteiger partial charge in [-0.3, -0.25) is 4.79 Å². The number of H-pyrrole nitrogens is 1. The first-order valence-corrected chi connectivity index (χ1v) is 8.61. The van der Waals surface area contributed by atoms with Crippen molar-refractivity contribution < 1.29 is 0 Å². The molecule has 27 heavy (non-hydrogen) atoms. The Balaban J connectivity index is 1.89. The van der Waals surface area contributed by atoms with Crippen LogP contribution in [0.1, 0.15) is 17.0 Å². The minimum Gasteiger partial charge on any atom is -0.305 e. The number of halogens is 1. The molecule has 1 N–H and O–H groups in total. The van der Waals surface area contributed by atoms with Crippen LogP contribution in [0.25, 0.3) is 33.5 Å². The van der Waals surface area contributed by atoms with E-state index in [1.54, 1.807) is 18.2 Å². The van der Waals surface area contributed by atoms with Crippen molar-refractivity contribution >= 4 is 45.1 Å². The number of hydrogen-bond acceptors (Lipinski definition) is 4. The number of benzene rings is 2. The van der Waals surface area contributed by atoms with E-state index in [1.165, 1.54) is 0 Å². The van der Waals surface area contributed by atoms with Gasteiger partial charge in [0.15, 0.2) is 5.82 Å². The van der Waals surface area contributed by atoms with E-state index >= 15 is 0 Å². The Morgan fingerprint density at radius 3 is 2.78 bits per heavy atom. The maximum Gasteiger partial charge on any atom is 0.259 e. The van der Waals surface area contributed by atoms with Crippen LogP contribution in [0.5, 0.6) is 0 Å². The number of pyridine rings is 1. The van der Waals surface area contributed by atoms with Gasteiger partial charge in [0.05, 0.1) is 22.0 Å². The summed E-state index contributed by atoms with van der Waals surface area (Å²) >= 11 is 6.28. The van der Waals surface area contributed by atoms with Gasteiger partial charge < -0.3 is 4.98 Å². The highest BCUT2D eigenvalue weighted by Crippen LogP contribution is 2.24. The van der Waals surface area contributed by atoms with Crippen molar-refractivity contribution in [2.24, 2.45) is 0 Å². The number of fused-ring (bicyclic) bond motifs is 2. The molecule has 0 saturated heterocycles. The summed E-state index contributed by atoms with van der Waals surface area (Å²) in [7, 11) is 0. The minimum absolute atomic E-state index is 0.197. The van der Waals surface area contributed by atoms with E-state index in [0.717, 1.165) is 16.5 Å². The molecule has 0 saturated carbocycles. The number of hydrogen-bond donors (Lipinski definition) is 1. The van der Waals surface area contributed by atoms with Crippen molar-refractivity contribution in [2.45, 2.75) is 6.92 Å². The maximum absolute atomic E-state index is 12.4. The average Bonchev–Trinajstić information content (AvgIpc) is 2.66. The van der Waals surface area contributed by atoms with E-state index in [-0.39, 0.29) is 22.1 Å². The molecule has 0 aliphatic heterocycles. The second kappa shape index (κ2) is 6.67. The average molecular weight is 373 g/mol. The molecule has 0 atom stereocenters. The van der Waals surface area contributed by atoms with Gasteiger partial charge in [-0.25, -0.2) is 9.97 Å². The molecule has 0 unspecified atom stereocenters. The number of aromatic nitrogens is 3. The summed E-state index contributed by atoms with van der Waals surface area (Å²) in [6.45, 7) is 1.90.